The Kier molecular flexibility index (Phi) is 6.05. The molecular weight excluding hydrogens is 480 g/mol. The molecular formula is C30H40N4O2S. The maximum absolute atomic E-state index is 11.9. The van der Waals surface area contributed by atoms with Crippen LogP contribution in [0.2, 0.25) is 0 Å². The number of hydrogen-bond acceptors (Lipinski definition) is 5. The molecule has 0 atom stereocenters. The van der Waals surface area contributed by atoms with Crippen molar-refractivity contribution in [1.82, 2.24) is 19.4 Å². The van der Waals surface area contributed by atoms with Gasteiger partial charge in [0.05, 0.1) is 15.9 Å². The van der Waals surface area contributed by atoms with Gasteiger partial charge in [-0.15, -0.1) is 0 Å². The predicted molar refractivity (Wildman–Crippen MR) is 150 cm³/mol. The Bertz CT molecular complexity index is 1420. The molecule has 1 aromatic heterocycles. The zero-order chi connectivity index (χ0) is 26.1. The fraction of sp³-hybridized carbons (Fsp3) is 0.567. The maximum Gasteiger partial charge on any atom is 0.175 e. The van der Waals surface area contributed by atoms with Crippen LogP contribution in [0.5, 0.6) is 0 Å². The first-order valence-electron chi connectivity index (χ1n) is 13.8. The van der Waals surface area contributed by atoms with E-state index in [0.717, 1.165) is 28.5 Å². The van der Waals surface area contributed by atoms with E-state index in [2.05, 4.69) is 54.3 Å². The van der Waals surface area contributed by atoms with Crippen LogP contribution in [0, 0.1) is 12.3 Å². The minimum atomic E-state index is -3.21. The van der Waals surface area contributed by atoms with Gasteiger partial charge in [0.1, 0.15) is 5.82 Å². The third-order valence-electron chi connectivity index (χ3n) is 9.40. The Balaban J connectivity index is 1.15. The number of sulfone groups is 1. The molecule has 1 aliphatic carbocycles. The Labute approximate surface area is 221 Å². The summed E-state index contributed by atoms with van der Waals surface area (Å²) in [6.45, 7) is 11.8. The van der Waals surface area contributed by atoms with Crippen molar-refractivity contribution in [1.29, 1.82) is 0 Å². The molecule has 0 radical (unpaired) electrons. The number of aromatic nitrogens is 2. The van der Waals surface area contributed by atoms with Gasteiger partial charge in [-0.2, -0.15) is 0 Å². The number of likely N-dealkylation sites (tertiary alicyclic amines) is 2. The Morgan fingerprint density at radius 1 is 1.03 bits per heavy atom. The second-order valence-corrected chi connectivity index (χ2v) is 14.4. The van der Waals surface area contributed by atoms with Crippen LogP contribution in [0.3, 0.4) is 0 Å². The zero-order valence-corrected chi connectivity index (χ0v) is 23.7. The molecule has 3 heterocycles. The fourth-order valence-electron chi connectivity index (χ4n) is 7.06. The lowest BCUT2D eigenvalue weighted by molar-refractivity contribution is -0.122. The summed E-state index contributed by atoms with van der Waals surface area (Å²) in [6, 6.07) is 13.2. The molecule has 2 saturated heterocycles. The molecule has 6 rings (SSSR count). The molecule has 3 fully saturated rings. The molecule has 0 unspecified atom stereocenters. The quantitative estimate of drug-likeness (QED) is 0.474. The van der Waals surface area contributed by atoms with Crippen LogP contribution in [0.25, 0.3) is 22.4 Å². The number of fused-ring (bicyclic) bond motifs is 1. The van der Waals surface area contributed by atoms with Crippen LogP contribution in [0.4, 0.5) is 0 Å². The van der Waals surface area contributed by atoms with Crippen LogP contribution in [-0.2, 0) is 16.9 Å². The summed E-state index contributed by atoms with van der Waals surface area (Å²) in [6.07, 6.45) is 6.49. The van der Waals surface area contributed by atoms with E-state index >= 15 is 0 Å². The van der Waals surface area contributed by atoms with E-state index in [1.807, 2.05) is 12.1 Å². The van der Waals surface area contributed by atoms with Crippen LogP contribution < -0.4 is 0 Å². The van der Waals surface area contributed by atoms with Gasteiger partial charge in [0.25, 0.3) is 0 Å². The van der Waals surface area contributed by atoms with Crippen molar-refractivity contribution in [2.45, 2.75) is 69.4 Å². The molecule has 2 aliphatic heterocycles. The third-order valence-corrected chi connectivity index (χ3v) is 10.5. The molecule has 2 aromatic carbocycles. The lowest BCUT2D eigenvalue weighted by Crippen LogP contribution is -2.68. The van der Waals surface area contributed by atoms with E-state index in [1.54, 1.807) is 12.1 Å². The summed E-state index contributed by atoms with van der Waals surface area (Å²) < 4.78 is 25.9. The number of rotatable bonds is 5. The van der Waals surface area contributed by atoms with Gasteiger partial charge >= 0.3 is 0 Å². The Hall–Kier alpha value is -2.22. The summed E-state index contributed by atoms with van der Waals surface area (Å²) in [4.78, 5) is 10.7. The monoisotopic (exact) mass is 520 g/mol. The normalized spacial score (nSPS) is 21.6. The molecule has 0 amide bonds. The highest BCUT2D eigenvalue weighted by molar-refractivity contribution is 7.90. The number of nitrogens with zero attached hydrogens (tertiary/aromatic N) is 4. The van der Waals surface area contributed by atoms with Gasteiger partial charge in [0.15, 0.2) is 9.84 Å². The number of piperidine rings is 1. The van der Waals surface area contributed by atoms with Crippen molar-refractivity contribution in [2.75, 3.05) is 32.4 Å². The van der Waals surface area contributed by atoms with Crippen molar-refractivity contribution < 1.29 is 8.42 Å². The highest BCUT2D eigenvalue weighted by Crippen LogP contribution is 2.51. The summed E-state index contributed by atoms with van der Waals surface area (Å²) in [7, 11) is -1.15. The van der Waals surface area contributed by atoms with E-state index in [0.29, 0.717) is 22.3 Å². The largest absolute Gasteiger partial charge is 0.327 e. The van der Waals surface area contributed by atoms with Gasteiger partial charge in [-0.3, -0.25) is 4.90 Å². The number of benzene rings is 2. The molecule has 6 nitrogen and oxygen atoms in total. The first-order valence-corrected chi connectivity index (χ1v) is 15.7. The minimum Gasteiger partial charge on any atom is -0.327 e. The van der Waals surface area contributed by atoms with E-state index in [4.69, 9.17) is 4.98 Å². The molecule has 37 heavy (non-hydrogen) atoms. The van der Waals surface area contributed by atoms with Gasteiger partial charge in [0.2, 0.25) is 0 Å². The molecule has 198 valence electrons. The van der Waals surface area contributed by atoms with Crippen molar-refractivity contribution in [3.63, 3.8) is 0 Å². The third kappa shape index (κ3) is 4.43. The van der Waals surface area contributed by atoms with Crippen molar-refractivity contribution in [3.05, 3.63) is 47.5 Å². The fourth-order valence-corrected chi connectivity index (χ4v) is 7.69. The van der Waals surface area contributed by atoms with Gasteiger partial charge in [-0.1, -0.05) is 6.07 Å². The molecule has 0 N–H and O–H groups in total. The van der Waals surface area contributed by atoms with Crippen molar-refractivity contribution >= 4 is 20.9 Å². The van der Waals surface area contributed by atoms with Crippen molar-refractivity contribution in [3.8, 4) is 11.4 Å². The van der Waals surface area contributed by atoms with E-state index in [1.165, 1.54) is 69.2 Å². The molecule has 3 aromatic rings. The lowest BCUT2D eigenvalue weighted by Gasteiger charge is -2.62. The topological polar surface area (TPSA) is 58.4 Å². The highest BCUT2D eigenvalue weighted by Gasteiger charge is 2.54. The average Bonchev–Trinajstić information content (AvgIpc) is 3.14. The van der Waals surface area contributed by atoms with Gasteiger partial charge in [-0.05, 0) is 112 Å². The molecule has 1 spiro atoms. The second-order valence-electron chi connectivity index (χ2n) is 12.4. The van der Waals surface area contributed by atoms with Crippen LogP contribution in [-0.4, -0.2) is 72.3 Å². The summed E-state index contributed by atoms with van der Waals surface area (Å²) in [5.74, 6) is 1.47. The van der Waals surface area contributed by atoms with E-state index in [-0.39, 0.29) is 0 Å². The zero-order valence-electron chi connectivity index (χ0n) is 22.9. The minimum absolute atomic E-state index is 0.335. The summed E-state index contributed by atoms with van der Waals surface area (Å²) >= 11 is 0. The first-order chi connectivity index (χ1) is 17.5. The number of aryl methyl sites for hydroxylation is 2. The Morgan fingerprint density at radius 2 is 1.68 bits per heavy atom. The predicted octanol–water partition coefficient (Wildman–Crippen LogP) is 5.00. The SMILES string of the molecule is Cc1cc(C2CCN(C3CC4(C3)CN(C(C)C)C4)CC2)cc2c1nc(-c1ccc(S(C)(=O)=O)cc1)n2C. The van der Waals surface area contributed by atoms with Gasteiger partial charge < -0.3 is 9.47 Å². The Morgan fingerprint density at radius 3 is 2.27 bits per heavy atom. The standard InChI is InChI=1S/C30H40N4O2S/c1-20(2)34-18-30(19-34)16-25(17-30)33-12-10-22(11-13-33)24-14-21(3)28-27(15-24)32(4)29(31-28)23-6-8-26(9-7-23)37(5,35)36/h6-9,14-15,20,22,25H,10-13,16-19H2,1-5H3. The van der Waals surface area contributed by atoms with Gasteiger partial charge in [-0.25, -0.2) is 13.4 Å². The van der Waals surface area contributed by atoms with E-state index < -0.39 is 9.84 Å². The highest BCUT2D eigenvalue weighted by atomic mass is 32.2. The molecule has 7 heteroatoms. The first kappa shape index (κ1) is 25.1. The molecule has 0 bridgehead atoms. The lowest BCUT2D eigenvalue weighted by atomic mass is 9.59. The second kappa shape index (κ2) is 8.92. The summed E-state index contributed by atoms with van der Waals surface area (Å²) in [5, 5.41) is 0. The molecule has 1 saturated carbocycles. The van der Waals surface area contributed by atoms with Crippen LogP contribution in [0.1, 0.15) is 56.6 Å². The van der Waals surface area contributed by atoms with Crippen molar-refractivity contribution in [2.24, 2.45) is 12.5 Å². The smallest absolute Gasteiger partial charge is 0.175 e. The maximum atomic E-state index is 11.9. The summed E-state index contributed by atoms with van der Waals surface area (Å²) in [5.41, 5.74) is 6.40. The van der Waals surface area contributed by atoms with Crippen LogP contribution >= 0.6 is 0 Å². The number of imidazole rings is 1. The van der Waals surface area contributed by atoms with Gasteiger partial charge in [0, 0.05) is 44.0 Å². The average molecular weight is 521 g/mol. The number of hydrogen-bond donors (Lipinski definition) is 0. The van der Waals surface area contributed by atoms with E-state index in [9.17, 15) is 8.42 Å². The molecule has 3 aliphatic rings. The van der Waals surface area contributed by atoms with Crippen LogP contribution in [0.15, 0.2) is 41.3 Å².